The normalized spacial score (nSPS) is 12.2. The first kappa shape index (κ1) is 27.5. The summed E-state index contributed by atoms with van der Waals surface area (Å²) < 4.78 is 10.9. The highest BCUT2D eigenvalue weighted by Crippen LogP contribution is 2.27. The van der Waals surface area contributed by atoms with E-state index in [1.165, 1.54) is 48.5 Å². The molecule has 2 N–H and O–H groups in total. The SMILES string of the molecule is O=C(O[C@H](C(=O)O)[C@@H](OC(=O)c1ccccc1Cl)C(=O)Nc1ccc(Br)cc1Cl)c1ccccc1Cl. The number of carbonyl (C=O) groups is 4. The highest BCUT2D eigenvalue weighted by Gasteiger charge is 2.41. The monoisotopic (exact) mass is 613 g/mol. The molecule has 186 valence electrons. The van der Waals surface area contributed by atoms with Gasteiger partial charge in [0.1, 0.15) is 0 Å². The molecule has 1 amide bonds. The Hall–Kier alpha value is -3.11. The zero-order valence-electron chi connectivity index (χ0n) is 17.9. The van der Waals surface area contributed by atoms with Crippen LogP contribution in [0.15, 0.2) is 71.2 Å². The van der Waals surface area contributed by atoms with Gasteiger partial charge in [0.2, 0.25) is 12.2 Å². The maximum absolute atomic E-state index is 13.2. The van der Waals surface area contributed by atoms with Gasteiger partial charge >= 0.3 is 17.9 Å². The van der Waals surface area contributed by atoms with Crippen LogP contribution in [0.4, 0.5) is 5.69 Å². The molecule has 0 unspecified atom stereocenters. The molecule has 0 aliphatic rings. The first-order chi connectivity index (χ1) is 17.1. The quantitative estimate of drug-likeness (QED) is 0.304. The smallest absolute Gasteiger partial charge is 0.349 e. The highest BCUT2D eigenvalue weighted by atomic mass is 79.9. The van der Waals surface area contributed by atoms with Gasteiger partial charge in [-0.05, 0) is 42.5 Å². The molecule has 0 radical (unpaired) electrons. The van der Waals surface area contributed by atoms with Crippen molar-refractivity contribution in [1.82, 2.24) is 0 Å². The van der Waals surface area contributed by atoms with Gasteiger partial charge in [-0.15, -0.1) is 0 Å². The third kappa shape index (κ3) is 6.76. The number of amides is 1. The fourth-order valence-electron chi connectivity index (χ4n) is 2.90. The molecule has 3 rings (SSSR count). The standard InChI is InChI=1S/C24H15BrCl3NO7/c25-12-9-10-18(17(28)11-12)29-21(30)19(35-23(33)13-5-1-3-7-15(13)26)20(22(31)32)36-24(34)14-6-2-4-8-16(14)27/h1-11,19-20H,(H,29,30)(H,31,32)/t19-,20+/m1/s1. The number of hydrogen-bond acceptors (Lipinski definition) is 6. The average molecular weight is 616 g/mol. The number of nitrogens with one attached hydrogen (secondary N) is 1. The minimum Gasteiger partial charge on any atom is -0.478 e. The van der Waals surface area contributed by atoms with Gasteiger partial charge in [-0.1, -0.05) is 75.0 Å². The second kappa shape index (κ2) is 12.2. The lowest BCUT2D eigenvalue weighted by Gasteiger charge is -2.24. The molecule has 8 nitrogen and oxygen atoms in total. The molecule has 2 atom stereocenters. The Morgan fingerprint density at radius 1 is 0.750 bits per heavy atom. The largest absolute Gasteiger partial charge is 0.478 e. The number of esters is 2. The molecule has 0 aliphatic heterocycles. The van der Waals surface area contributed by atoms with Crippen LogP contribution in [0.2, 0.25) is 15.1 Å². The zero-order chi connectivity index (χ0) is 26.4. The number of aliphatic carboxylic acids is 1. The molecule has 0 bridgehead atoms. The van der Waals surface area contributed by atoms with Crippen molar-refractivity contribution < 1.29 is 33.8 Å². The lowest BCUT2D eigenvalue weighted by molar-refractivity contribution is -0.157. The summed E-state index contributed by atoms with van der Waals surface area (Å²) in [5.41, 5.74) is -0.205. The summed E-state index contributed by atoms with van der Waals surface area (Å²) in [5, 5.41) is 12.3. The van der Waals surface area contributed by atoms with E-state index in [9.17, 15) is 24.3 Å². The molecular formula is C24H15BrCl3NO7. The second-order valence-corrected chi connectivity index (χ2v) is 9.20. The van der Waals surface area contributed by atoms with Crippen LogP contribution in [0, 0.1) is 0 Å². The van der Waals surface area contributed by atoms with E-state index in [2.05, 4.69) is 21.2 Å². The average Bonchev–Trinajstić information content (AvgIpc) is 2.83. The first-order valence-corrected chi connectivity index (χ1v) is 11.9. The minimum atomic E-state index is -2.26. The number of carbonyl (C=O) groups excluding carboxylic acids is 3. The van der Waals surface area contributed by atoms with Crippen LogP contribution in [0.3, 0.4) is 0 Å². The van der Waals surface area contributed by atoms with E-state index >= 15 is 0 Å². The summed E-state index contributed by atoms with van der Waals surface area (Å²) in [6.07, 6.45) is -4.40. The van der Waals surface area contributed by atoms with Crippen LogP contribution in [-0.4, -0.2) is 41.1 Å². The fourth-order valence-corrected chi connectivity index (χ4v) is 4.05. The first-order valence-electron chi connectivity index (χ1n) is 9.98. The predicted octanol–water partition coefficient (Wildman–Crippen LogP) is 5.88. The summed E-state index contributed by atoms with van der Waals surface area (Å²) in [6, 6.07) is 16.0. The predicted molar refractivity (Wildman–Crippen MR) is 137 cm³/mol. The number of carboxylic acids is 1. The molecule has 0 aromatic heterocycles. The van der Waals surface area contributed by atoms with E-state index in [4.69, 9.17) is 44.3 Å². The molecule has 0 spiro atoms. The maximum atomic E-state index is 13.2. The van der Waals surface area contributed by atoms with Gasteiger partial charge in [-0.2, -0.15) is 0 Å². The molecular weight excluding hydrogens is 601 g/mol. The number of rotatable bonds is 8. The van der Waals surface area contributed by atoms with Crippen molar-refractivity contribution in [3.63, 3.8) is 0 Å². The van der Waals surface area contributed by atoms with E-state index in [0.717, 1.165) is 0 Å². The Kier molecular flexibility index (Phi) is 9.33. The van der Waals surface area contributed by atoms with Crippen LogP contribution in [-0.2, 0) is 19.1 Å². The molecule has 0 saturated heterocycles. The Morgan fingerprint density at radius 3 is 1.72 bits per heavy atom. The lowest BCUT2D eigenvalue weighted by atomic mass is 10.1. The summed E-state index contributed by atoms with van der Waals surface area (Å²) in [4.78, 5) is 50.8. The Labute approximate surface area is 228 Å². The third-order valence-electron chi connectivity index (χ3n) is 4.62. The van der Waals surface area contributed by atoms with Crippen molar-refractivity contribution in [2.45, 2.75) is 12.2 Å². The molecule has 3 aromatic carbocycles. The van der Waals surface area contributed by atoms with E-state index < -0.39 is 36.0 Å². The van der Waals surface area contributed by atoms with Crippen LogP contribution in [0.5, 0.6) is 0 Å². The Bertz CT molecular complexity index is 1330. The Morgan fingerprint density at radius 2 is 1.25 bits per heavy atom. The number of halogens is 4. The van der Waals surface area contributed by atoms with Crippen molar-refractivity contribution in [1.29, 1.82) is 0 Å². The van der Waals surface area contributed by atoms with E-state index in [0.29, 0.717) is 4.47 Å². The van der Waals surface area contributed by atoms with Gasteiger partial charge in [0.25, 0.3) is 5.91 Å². The summed E-state index contributed by atoms with van der Waals surface area (Å²) in [5.74, 6) is -5.16. The van der Waals surface area contributed by atoms with Gasteiger partial charge in [-0.3, -0.25) is 4.79 Å². The number of ether oxygens (including phenoxy) is 2. The molecule has 0 heterocycles. The molecule has 0 fully saturated rings. The second-order valence-electron chi connectivity index (χ2n) is 7.06. The Balaban J connectivity index is 1.96. The van der Waals surface area contributed by atoms with Crippen LogP contribution in [0.1, 0.15) is 20.7 Å². The van der Waals surface area contributed by atoms with Gasteiger partial charge in [-0.25, -0.2) is 14.4 Å². The van der Waals surface area contributed by atoms with Gasteiger partial charge in [0.15, 0.2) is 0 Å². The van der Waals surface area contributed by atoms with Crippen LogP contribution in [0.25, 0.3) is 0 Å². The third-order valence-corrected chi connectivity index (χ3v) is 6.09. The minimum absolute atomic E-state index is 0.00227. The number of carboxylic acid groups (broad SMARTS) is 1. The topological polar surface area (TPSA) is 119 Å². The summed E-state index contributed by atoms with van der Waals surface area (Å²) >= 11 is 21.4. The number of benzene rings is 3. The van der Waals surface area contributed by atoms with Gasteiger partial charge < -0.3 is 19.9 Å². The van der Waals surface area contributed by atoms with Crippen LogP contribution < -0.4 is 5.32 Å². The number of anilines is 1. The fraction of sp³-hybridized carbons (Fsp3) is 0.0833. The number of hydrogen-bond donors (Lipinski definition) is 2. The zero-order valence-corrected chi connectivity index (χ0v) is 21.8. The van der Waals surface area contributed by atoms with Crippen molar-refractivity contribution >= 4 is 80.2 Å². The van der Waals surface area contributed by atoms with Crippen molar-refractivity contribution in [2.24, 2.45) is 0 Å². The highest BCUT2D eigenvalue weighted by molar-refractivity contribution is 9.10. The summed E-state index contributed by atoms with van der Waals surface area (Å²) in [7, 11) is 0. The molecule has 3 aromatic rings. The maximum Gasteiger partial charge on any atom is 0.349 e. The van der Waals surface area contributed by atoms with Crippen molar-refractivity contribution in [3.05, 3.63) is 97.4 Å². The van der Waals surface area contributed by atoms with Gasteiger partial charge in [0, 0.05) is 4.47 Å². The van der Waals surface area contributed by atoms with E-state index in [1.807, 2.05) is 0 Å². The van der Waals surface area contributed by atoms with Crippen LogP contribution >= 0.6 is 50.7 Å². The molecule has 12 heteroatoms. The van der Waals surface area contributed by atoms with E-state index in [-0.39, 0.29) is 31.9 Å². The lowest BCUT2D eigenvalue weighted by Crippen LogP contribution is -2.48. The molecule has 0 saturated carbocycles. The molecule has 36 heavy (non-hydrogen) atoms. The van der Waals surface area contributed by atoms with Gasteiger partial charge in [0.05, 0.1) is 31.9 Å². The van der Waals surface area contributed by atoms with Crippen molar-refractivity contribution in [2.75, 3.05) is 5.32 Å². The summed E-state index contributed by atoms with van der Waals surface area (Å²) in [6.45, 7) is 0. The van der Waals surface area contributed by atoms with E-state index in [1.54, 1.807) is 18.2 Å². The van der Waals surface area contributed by atoms with Crippen molar-refractivity contribution in [3.8, 4) is 0 Å². The molecule has 0 aliphatic carbocycles.